The van der Waals surface area contributed by atoms with Gasteiger partial charge in [0, 0.05) is 22.9 Å². The maximum atomic E-state index is 12.3. The van der Waals surface area contributed by atoms with Crippen LogP contribution in [-0.4, -0.2) is 34.5 Å². The lowest BCUT2D eigenvalue weighted by molar-refractivity contribution is -0.146. The summed E-state index contributed by atoms with van der Waals surface area (Å²) >= 11 is 4.54. The van der Waals surface area contributed by atoms with Gasteiger partial charge >= 0.3 is 6.18 Å². The van der Waals surface area contributed by atoms with Crippen molar-refractivity contribution < 1.29 is 13.2 Å². The largest absolute Gasteiger partial charge is 0.401 e. The van der Waals surface area contributed by atoms with Gasteiger partial charge in [-0.15, -0.1) is 11.3 Å². The zero-order valence-corrected chi connectivity index (χ0v) is 11.1. The van der Waals surface area contributed by atoms with Gasteiger partial charge in [-0.2, -0.15) is 13.2 Å². The van der Waals surface area contributed by atoms with Crippen LogP contribution in [0.25, 0.3) is 0 Å². The Hall–Kier alpha value is -0.140. The Kier molecular flexibility index (Phi) is 5.20. The molecule has 0 aliphatic carbocycles. The van der Waals surface area contributed by atoms with Gasteiger partial charge in [-0.1, -0.05) is 15.9 Å². The minimum absolute atomic E-state index is 0.254. The van der Waals surface area contributed by atoms with Gasteiger partial charge in [0.2, 0.25) is 0 Å². The fraction of sp³-hybridized carbons (Fsp3) is 0.667. The van der Waals surface area contributed by atoms with Crippen molar-refractivity contribution in [2.45, 2.75) is 19.6 Å². The van der Waals surface area contributed by atoms with Crippen LogP contribution in [0.15, 0.2) is 5.38 Å². The monoisotopic (exact) mass is 316 g/mol. The number of aryl methyl sites for hydroxylation is 1. The molecule has 1 aromatic heterocycles. The molecule has 0 radical (unpaired) electrons. The predicted molar refractivity (Wildman–Crippen MR) is 62.0 cm³/mol. The predicted octanol–water partition coefficient (Wildman–Crippen LogP) is 3.21. The van der Waals surface area contributed by atoms with Crippen molar-refractivity contribution in [2.24, 2.45) is 0 Å². The number of hydrogen-bond donors (Lipinski definition) is 0. The first-order valence-corrected chi connectivity index (χ1v) is 6.67. The first kappa shape index (κ1) is 13.9. The van der Waals surface area contributed by atoms with Gasteiger partial charge in [0.05, 0.1) is 13.1 Å². The molecule has 0 aromatic carbocycles. The normalized spacial score (nSPS) is 12.4. The van der Waals surface area contributed by atoms with Crippen LogP contribution in [-0.2, 0) is 6.54 Å². The smallest absolute Gasteiger partial charge is 0.287 e. The number of alkyl halides is 4. The van der Waals surface area contributed by atoms with E-state index in [9.17, 15) is 13.2 Å². The molecule has 0 saturated carbocycles. The Morgan fingerprint density at radius 3 is 2.62 bits per heavy atom. The molecule has 0 aliphatic heterocycles. The first-order valence-electron chi connectivity index (χ1n) is 4.67. The second-order valence-corrected chi connectivity index (χ2v) is 5.13. The van der Waals surface area contributed by atoms with Crippen LogP contribution in [0, 0.1) is 6.92 Å². The molecule has 0 unspecified atom stereocenters. The van der Waals surface area contributed by atoms with Crippen LogP contribution in [0.4, 0.5) is 13.2 Å². The summed E-state index contributed by atoms with van der Waals surface area (Å²) in [5.41, 5.74) is 0.853. The summed E-state index contributed by atoms with van der Waals surface area (Å²) < 4.78 is 36.8. The zero-order valence-electron chi connectivity index (χ0n) is 8.72. The number of thiazole rings is 1. The molecule has 7 heteroatoms. The van der Waals surface area contributed by atoms with Gasteiger partial charge in [-0.05, 0) is 6.92 Å². The molecule has 16 heavy (non-hydrogen) atoms. The number of rotatable bonds is 5. The van der Waals surface area contributed by atoms with Crippen LogP contribution in [0.1, 0.15) is 10.7 Å². The molecule has 0 bridgehead atoms. The quantitative estimate of drug-likeness (QED) is 0.775. The maximum Gasteiger partial charge on any atom is 0.401 e. The van der Waals surface area contributed by atoms with Crippen molar-refractivity contribution in [1.29, 1.82) is 0 Å². The van der Waals surface area contributed by atoms with Gasteiger partial charge in [0.25, 0.3) is 0 Å². The number of halogens is 4. The third-order valence-corrected chi connectivity index (χ3v) is 3.14. The van der Waals surface area contributed by atoms with E-state index < -0.39 is 12.7 Å². The van der Waals surface area contributed by atoms with Gasteiger partial charge in [-0.3, -0.25) is 4.90 Å². The molecule has 1 aromatic rings. The maximum absolute atomic E-state index is 12.3. The number of nitrogens with zero attached hydrogens (tertiary/aromatic N) is 2. The molecule has 0 aliphatic rings. The molecule has 2 nitrogen and oxygen atoms in total. The summed E-state index contributed by atoms with van der Waals surface area (Å²) in [5.74, 6) is 0. The molecule has 1 rings (SSSR count). The van der Waals surface area contributed by atoms with Gasteiger partial charge in [0.1, 0.15) is 5.01 Å². The first-order chi connectivity index (χ1) is 7.40. The van der Waals surface area contributed by atoms with Crippen LogP contribution in [0.5, 0.6) is 0 Å². The second-order valence-electron chi connectivity index (χ2n) is 3.40. The summed E-state index contributed by atoms with van der Waals surface area (Å²) in [6.07, 6.45) is -4.16. The van der Waals surface area contributed by atoms with Crippen LogP contribution >= 0.6 is 27.3 Å². The Morgan fingerprint density at radius 1 is 1.50 bits per heavy atom. The molecule has 0 fully saturated rings. The van der Waals surface area contributed by atoms with Crippen molar-refractivity contribution in [1.82, 2.24) is 9.88 Å². The third-order valence-electron chi connectivity index (χ3n) is 1.83. The number of hydrogen-bond acceptors (Lipinski definition) is 3. The topological polar surface area (TPSA) is 16.1 Å². The molecule has 1 heterocycles. The lowest BCUT2D eigenvalue weighted by Crippen LogP contribution is -2.35. The van der Waals surface area contributed by atoms with Crippen molar-refractivity contribution >= 4 is 27.3 Å². The van der Waals surface area contributed by atoms with E-state index in [4.69, 9.17) is 0 Å². The standard InChI is InChI=1S/C9H12BrF3N2S/c1-7-5-16-8(14-7)4-15(3-2-10)6-9(11,12)13/h5H,2-4,6H2,1H3. The van der Waals surface area contributed by atoms with E-state index in [1.807, 2.05) is 12.3 Å². The van der Waals surface area contributed by atoms with Crippen molar-refractivity contribution in [3.8, 4) is 0 Å². The highest BCUT2D eigenvalue weighted by Crippen LogP contribution is 2.19. The summed E-state index contributed by atoms with van der Waals surface area (Å²) in [6, 6.07) is 0. The fourth-order valence-corrected chi connectivity index (χ4v) is 2.57. The summed E-state index contributed by atoms with van der Waals surface area (Å²) in [4.78, 5) is 5.50. The highest BCUT2D eigenvalue weighted by atomic mass is 79.9. The van der Waals surface area contributed by atoms with E-state index in [0.717, 1.165) is 10.7 Å². The SMILES string of the molecule is Cc1csc(CN(CCBr)CC(F)(F)F)n1. The van der Waals surface area contributed by atoms with Crippen molar-refractivity contribution in [2.75, 3.05) is 18.4 Å². The molecular formula is C9H12BrF3N2S. The molecule has 0 atom stereocenters. The molecule has 92 valence electrons. The molecule has 0 amide bonds. The Balaban J connectivity index is 2.57. The van der Waals surface area contributed by atoms with Gasteiger partial charge < -0.3 is 0 Å². The Bertz CT molecular complexity index is 327. The van der Waals surface area contributed by atoms with Crippen molar-refractivity contribution in [3.05, 3.63) is 16.1 Å². The zero-order chi connectivity index (χ0) is 12.2. The third kappa shape index (κ3) is 5.27. The van der Waals surface area contributed by atoms with E-state index in [1.54, 1.807) is 0 Å². The lowest BCUT2D eigenvalue weighted by atomic mass is 10.4. The highest BCUT2D eigenvalue weighted by molar-refractivity contribution is 9.09. The average Bonchev–Trinajstić information content (AvgIpc) is 2.48. The summed E-state index contributed by atoms with van der Waals surface area (Å²) in [6.45, 7) is 1.55. The molecule has 0 spiro atoms. The van der Waals surface area contributed by atoms with Crippen LogP contribution in [0.3, 0.4) is 0 Å². The van der Waals surface area contributed by atoms with Crippen LogP contribution < -0.4 is 0 Å². The molecule has 0 N–H and O–H groups in total. The van der Waals surface area contributed by atoms with E-state index in [0.29, 0.717) is 11.9 Å². The highest BCUT2D eigenvalue weighted by Gasteiger charge is 2.30. The second kappa shape index (κ2) is 5.97. The minimum Gasteiger partial charge on any atom is -0.287 e. The molecular weight excluding hydrogens is 305 g/mol. The van der Waals surface area contributed by atoms with Crippen molar-refractivity contribution in [3.63, 3.8) is 0 Å². The van der Waals surface area contributed by atoms with E-state index in [1.165, 1.54) is 16.2 Å². The average molecular weight is 317 g/mol. The Morgan fingerprint density at radius 2 is 2.19 bits per heavy atom. The minimum atomic E-state index is -4.16. The lowest BCUT2D eigenvalue weighted by Gasteiger charge is -2.21. The van der Waals surface area contributed by atoms with Gasteiger partial charge in [-0.25, -0.2) is 4.98 Å². The fourth-order valence-electron chi connectivity index (χ4n) is 1.25. The van der Waals surface area contributed by atoms with E-state index >= 15 is 0 Å². The van der Waals surface area contributed by atoms with Gasteiger partial charge in [0.15, 0.2) is 0 Å². The number of aromatic nitrogens is 1. The van der Waals surface area contributed by atoms with E-state index in [2.05, 4.69) is 20.9 Å². The summed E-state index contributed by atoms with van der Waals surface area (Å²) in [7, 11) is 0. The van der Waals surface area contributed by atoms with Crippen LogP contribution in [0.2, 0.25) is 0 Å². The molecule has 0 saturated heterocycles. The summed E-state index contributed by atoms with van der Waals surface area (Å²) in [5, 5.41) is 3.09. The Labute approximate surface area is 105 Å². The van der Waals surface area contributed by atoms with E-state index in [-0.39, 0.29) is 6.54 Å².